The van der Waals surface area contributed by atoms with Crippen LogP contribution in [0.5, 0.6) is 0 Å². The summed E-state index contributed by atoms with van der Waals surface area (Å²) < 4.78 is 0. The third-order valence-electron chi connectivity index (χ3n) is 6.03. The predicted octanol–water partition coefficient (Wildman–Crippen LogP) is 2.59. The van der Waals surface area contributed by atoms with E-state index in [0.29, 0.717) is 12.0 Å². The van der Waals surface area contributed by atoms with Gasteiger partial charge in [-0.25, -0.2) is 0 Å². The molecule has 3 fully saturated rings. The highest BCUT2D eigenvalue weighted by atomic mass is 16.3. The van der Waals surface area contributed by atoms with Gasteiger partial charge in [0.25, 0.3) is 0 Å². The molecule has 1 aromatic carbocycles. The first-order valence-electron chi connectivity index (χ1n) is 9.49. The van der Waals surface area contributed by atoms with Crippen LogP contribution in [-0.2, 0) is 4.79 Å². The van der Waals surface area contributed by atoms with E-state index in [4.69, 9.17) is 0 Å². The van der Waals surface area contributed by atoms with E-state index < -0.39 is 6.10 Å². The summed E-state index contributed by atoms with van der Waals surface area (Å²) in [5.74, 6) is 0.735. The summed E-state index contributed by atoms with van der Waals surface area (Å²) in [6.07, 6.45) is 5.88. The van der Waals surface area contributed by atoms with Crippen molar-refractivity contribution in [3.05, 3.63) is 35.9 Å². The quantitative estimate of drug-likeness (QED) is 0.924. The van der Waals surface area contributed by atoms with Crippen LogP contribution in [0.15, 0.2) is 30.3 Å². The topological polar surface area (TPSA) is 43.8 Å². The summed E-state index contributed by atoms with van der Waals surface area (Å²) in [7, 11) is 0. The summed E-state index contributed by atoms with van der Waals surface area (Å²) in [5, 5.41) is 10.3. The van der Waals surface area contributed by atoms with Crippen molar-refractivity contribution in [2.45, 2.75) is 56.7 Å². The van der Waals surface area contributed by atoms with E-state index in [0.717, 1.165) is 31.1 Å². The largest absolute Gasteiger partial charge is 0.388 e. The molecule has 4 heteroatoms. The minimum Gasteiger partial charge on any atom is -0.388 e. The molecular weight excluding hydrogens is 300 g/mol. The number of benzene rings is 1. The van der Waals surface area contributed by atoms with Crippen molar-refractivity contribution in [3.63, 3.8) is 0 Å². The molecular formula is C20H28N2O2. The number of piperidine rings is 2. The first-order chi connectivity index (χ1) is 11.7. The Morgan fingerprint density at radius 2 is 1.92 bits per heavy atom. The number of carbonyl (C=O) groups excluding carboxylic acids is 1. The van der Waals surface area contributed by atoms with Crippen LogP contribution in [0.25, 0.3) is 0 Å². The summed E-state index contributed by atoms with van der Waals surface area (Å²) in [6.45, 7) is 2.99. The zero-order valence-electron chi connectivity index (χ0n) is 14.3. The smallest absolute Gasteiger partial charge is 0.225 e. The molecule has 1 aliphatic carbocycles. The number of amides is 1. The van der Waals surface area contributed by atoms with Crippen molar-refractivity contribution in [1.82, 2.24) is 9.80 Å². The average Bonchev–Trinajstić information content (AvgIpc) is 3.46. The van der Waals surface area contributed by atoms with Gasteiger partial charge in [-0.3, -0.25) is 9.69 Å². The van der Waals surface area contributed by atoms with Crippen LogP contribution in [0.3, 0.4) is 0 Å². The second-order valence-electron chi connectivity index (χ2n) is 7.70. The van der Waals surface area contributed by atoms with Crippen LogP contribution in [-0.4, -0.2) is 52.5 Å². The number of nitrogens with zero attached hydrogens (tertiary/aromatic N) is 2. The highest BCUT2D eigenvalue weighted by Gasteiger charge is 2.42. The van der Waals surface area contributed by atoms with E-state index in [2.05, 4.69) is 4.90 Å². The number of aliphatic hydroxyl groups is 1. The molecule has 3 aliphatic rings. The third-order valence-corrected chi connectivity index (χ3v) is 6.03. The molecule has 4 rings (SSSR count). The van der Waals surface area contributed by atoms with Crippen LogP contribution < -0.4 is 0 Å². The van der Waals surface area contributed by atoms with Gasteiger partial charge in [0, 0.05) is 25.2 Å². The van der Waals surface area contributed by atoms with Gasteiger partial charge in [0.05, 0.1) is 12.5 Å². The Kier molecular flexibility index (Phi) is 4.59. The fraction of sp³-hybridized carbons (Fsp3) is 0.650. The van der Waals surface area contributed by atoms with Crippen molar-refractivity contribution in [3.8, 4) is 0 Å². The number of fused-ring (bicyclic) bond motifs is 1. The van der Waals surface area contributed by atoms with Crippen LogP contribution in [0.1, 0.15) is 50.2 Å². The monoisotopic (exact) mass is 328 g/mol. The molecule has 2 saturated heterocycles. The van der Waals surface area contributed by atoms with Crippen LogP contribution >= 0.6 is 0 Å². The zero-order valence-corrected chi connectivity index (χ0v) is 14.3. The average molecular weight is 328 g/mol. The van der Waals surface area contributed by atoms with Gasteiger partial charge in [-0.15, -0.1) is 0 Å². The molecule has 24 heavy (non-hydrogen) atoms. The summed E-state index contributed by atoms with van der Waals surface area (Å²) in [4.78, 5) is 17.4. The van der Waals surface area contributed by atoms with E-state index in [9.17, 15) is 9.90 Å². The Morgan fingerprint density at radius 3 is 2.67 bits per heavy atom. The van der Waals surface area contributed by atoms with Crippen molar-refractivity contribution < 1.29 is 9.90 Å². The van der Waals surface area contributed by atoms with E-state index in [1.165, 1.54) is 32.2 Å². The molecule has 0 radical (unpaired) electrons. The van der Waals surface area contributed by atoms with Gasteiger partial charge in [-0.1, -0.05) is 30.3 Å². The Morgan fingerprint density at radius 1 is 1.12 bits per heavy atom. The second kappa shape index (κ2) is 6.85. The van der Waals surface area contributed by atoms with E-state index >= 15 is 0 Å². The highest BCUT2D eigenvalue weighted by Crippen LogP contribution is 2.38. The lowest BCUT2D eigenvalue weighted by atomic mass is 9.83. The molecule has 130 valence electrons. The number of aliphatic hydroxyl groups excluding tert-OH is 1. The maximum atomic E-state index is 12.6. The lowest BCUT2D eigenvalue weighted by Crippen LogP contribution is -2.55. The maximum absolute atomic E-state index is 12.6. The fourth-order valence-electron chi connectivity index (χ4n) is 4.62. The molecule has 0 bridgehead atoms. The maximum Gasteiger partial charge on any atom is 0.225 e. The molecule has 1 saturated carbocycles. The summed E-state index contributed by atoms with van der Waals surface area (Å²) in [5.41, 5.74) is 0.832. The van der Waals surface area contributed by atoms with Gasteiger partial charge < -0.3 is 10.0 Å². The van der Waals surface area contributed by atoms with Crippen molar-refractivity contribution in [2.24, 2.45) is 5.92 Å². The van der Waals surface area contributed by atoms with Gasteiger partial charge in [-0.2, -0.15) is 0 Å². The third kappa shape index (κ3) is 3.35. The number of likely N-dealkylation sites (tertiary alicyclic amines) is 2. The molecule has 0 aromatic heterocycles. The van der Waals surface area contributed by atoms with Gasteiger partial charge in [0.2, 0.25) is 5.91 Å². The molecule has 3 unspecified atom stereocenters. The van der Waals surface area contributed by atoms with E-state index in [1.54, 1.807) is 0 Å². The first-order valence-corrected chi connectivity index (χ1v) is 9.49. The van der Waals surface area contributed by atoms with Crippen molar-refractivity contribution in [1.29, 1.82) is 0 Å². The van der Waals surface area contributed by atoms with Gasteiger partial charge in [0.1, 0.15) is 0 Å². The number of hydrogen-bond donors (Lipinski definition) is 1. The minimum atomic E-state index is -0.689. The van der Waals surface area contributed by atoms with Crippen LogP contribution in [0, 0.1) is 5.92 Å². The SMILES string of the molecule is O=C(CC(O)c1ccccc1)N1CCC2C(CCCN2C2CC2)C1. The Labute approximate surface area is 144 Å². The lowest BCUT2D eigenvalue weighted by Gasteiger charge is -2.47. The molecule has 0 spiro atoms. The number of rotatable bonds is 4. The molecule has 2 aliphatic heterocycles. The summed E-state index contributed by atoms with van der Waals surface area (Å²) >= 11 is 0. The molecule has 1 aromatic rings. The Hall–Kier alpha value is -1.39. The summed E-state index contributed by atoms with van der Waals surface area (Å²) in [6, 6.07) is 11.0. The molecule has 1 N–H and O–H groups in total. The van der Waals surface area contributed by atoms with Crippen molar-refractivity contribution in [2.75, 3.05) is 19.6 Å². The normalized spacial score (nSPS) is 29.1. The number of hydrogen-bond acceptors (Lipinski definition) is 3. The van der Waals surface area contributed by atoms with Gasteiger partial charge in [0.15, 0.2) is 0 Å². The second-order valence-corrected chi connectivity index (χ2v) is 7.70. The van der Waals surface area contributed by atoms with Gasteiger partial charge >= 0.3 is 0 Å². The van der Waals surface area contributed by atoms with E-state index in [1.807, 2.05) is 35.2 Å². The molecule has 2 heterocycles. The van der Waals surface area contributed by atoms with E-state index in [-0.39, 0.29) is 12.3 Å². The van der Waals surface area contributed by atoms with Crippen LogP contribution in [0.4, 0.5) is 0 Å². The minimum absolute atomic E-state index is 0.105. The standard InChI is InChI=1S/C20H28N2O2/c23-19(15-5-2-1-3-6-15)13-20(24)21-12-10-18-16(14-21)7-4-11-22(18)17-8-9-17/h1-3,5-6,16-19,23H,4,7-14H2. The molecule has 4 nitrogen and oxygen atoms in total. The van der Waals surface area contributed by atoms with Crippen molar-refractivity contribution >= 4 is 5.91 Å². The predicted molar refractivity (Wildman–Crippen MR) is 93.5 cm³/mol. The lowest BCUT2D eigenvalue weighted by molar-refractivity contribution is -0.137. The highest BCUT2D eigenvalue weighted by molar-refractivity contribution is 5.77. The number of carbonyl (C=O) groups is 1. The Balaban J connectivity index is 1.35. The van der Waals surface area contributed by atoms with Crippen LogP contribution in [0.2, 0.25) is 0 Å². The molecule has 3 atom stereocenters. The van der Waals surface area contributed by atoms with Gasteiger partial charge in [-0.05, 0) is 50.1 Å². The Bertz CT molecular complexity index is 572. The fourth-order valence-corrected chi connectivity index (χ4v) is 4.62. The molecule has 1 amide bonds. The zero-order chi connectivity index (χ0) is 16.5. The first kappa shape index (κ1) is 16.1.